The highest BCUT2D eigenvalue weighted by Gasteiger charge is 2.21. The van der Waals surface area contributed by atoms with Crippen LogP contribution in [0.5, 0.6) is 0 Å². The van der Waals surface area contributed by atoms with Gasteiger partial charge in [-0.2, -0.15) is 5.10 Å². The van der Waals surface area contributed by atoms with Crippen LogP contribution in [0.2, 0.25) is 0 Å². The maximum absolute atomic E-state index is 4.97. The summed E-state index contributed by atoms with van der Waals surface area (Å²) in [6, 6.07) is 18.9. The minimum atomic E-state index is 0.567. The third kappa shape index (κ3) is 6.00. The second kappa shape index (κ2) is 10.9. The molecule has 1 aromatic carbocycles. The SMILES string of the molecule is Cc1ccccc(Cc2nn(-c3ncccn3)cc2C2CCCCCCC2)cccc1. The first kappa shape index (κ1) is 21.2. The fraction of sp³-hybridized carbons (Fsp3) is 0.370. The van der Waals surface area contributed by atoms with E-state index in [-0.39, 0.29) is 0 Å². The van der Waals surface area contributed by atoms with Crippen LogP contribution in [0.25, 0.3) is 5.95 Å². The van der Waals surface area contributed by atoms with Crippen molar-refractivity contribution in [1.82, 2.24) is 19.7 Å². The summed E-state index contributed by atoms with van der Waals surface area (Å²) in [5, 5.41) is 4.97. The van der Waals surface area contributed by atoms with Crippen LogP contribution in [0.1, 0.15) is 73.2 Å². The molecule has 2 heterocycles. The number of aryl methyl sites for hydroxylation is 1. The Kier molecular flexibility index (Phi) is 7.43. The average Bonchev–Trinajstić information content (AvgIpc) is 3.18. The molecular formula is C27H32N4. The van der Waals surface area contributed by atoms with Gasteiger partial charge < -0.3 is 0 Å². The van der Waals surface area contributed by atoms with Gasteiger partial charge in [0.1, 0.15) is 0 Å². The zero-order chi connectivity index (χ0) is 21.3. The molecular weight excluding hydrogens is 380 g/mol. The van der Waals surface area contributed by atoms with E-state index in [1.54, 1.807) is 12.4 Å². The number of rotatable bonds is 4. The first-order valence-electron chi connectivity index (χ1n) is 11.5. The van der Waals surface area contributed by atoms with E-state index in [4.69, 9.17) is 5.10 Å². The van der Waals surface area contributed by atoms with Gasteiger partial charge in [0.2, 0.25) is 5.95 Å². The van der Waals surface area contributed by atoms with Gasteiger partial charge >= 0.3 is 0 Å². The largest absolute Gasteiger partial charge is 0.250 e. The molecule has 0 atom stereocenters. The molecule has 3 aromatic rings. The molecule has 0 N–H and O–H groups in total. The highest BCUT2D eigenvalue weighted by atomic mass is 15.3. The predicted molar refractivity (Wildman–Crippen MR) is 126 cm³/mol. The minimum absolute atomic E-state index is 0.567. The van der Waals surface area contributed by atoms with Crippen molar-refractivity contribution < 1.29 is 0 Å². The fourth-order valence-electron chi connectivity index (χ4n) is 4.38. The van der Waals surface area contributed by atoms with Crippen LogP contribution < -0.4 is 0 Å². The van der Waals surface area contributed by atoms with Gasteiger partial charge in [0.05, 0.1) is 5.69 Å². The van der Waals surface area contributed by atoms with Gasteiger partial charge in [0.15, 0.2) is 0 Å². The molecule has 1 aliphatic rings. The molecule has 31 heavy (non-hydrogen) atoms. The molecule has 1 saturated carbocycles. The quantitative estimate of drug-likeness (QED) is 0.490. The predicted octanol–water partition coefficient (Wildman–Crippen LogP) is 6.51. The normalized spacial score (nSPS) is 15.0. The Morgan fingerprint density at radius 2 is 1.42 bits per heavy atom. The number of nitrogens with zero attached hydrogens (tertiary/aromatic N) is 4. The standard InChI is InChI=1S/C27H32N4/c1-22-12-7-9-14-23(15-10-8-13-22)20-26-25(24-16-5-3-2-4-6-17-24)21-31(30-26)27-28-18-11-19-29-27/h7-15,18-19,21,24H,2-6,16-17,20H2,1H3. The number of hydrogen-bond donors (Lipinski definition) is 0. The van der Waals surface area contributed by atoms with Crippen LogP contribution in [-0.4, -0.2) is 19.7 Å². The fourth-order valence-corrected chi connectivity index (χ4v) is 4.38. The zero-order valence-corrected chi connectivity index (χ0v) is 18.5. The monoisotopic (exact) mass is 412 g/mol. The Balaban J connectivity index is 1.70. The molecule has 0 saturated heterocycles. The smallest absolute Gasteiger partial charge is 0.220 e. The van der Waals surface area contributed by atoms with Crippen molar-refractivity contribution in [2.45, 2.75) is 64.2 Å². The second-order valence-electron chi connectivity index (χ2n) is 8.50. The summed E-state index contributed by atoms with van der Waals surface area (Å²) in [5.74, 6) is 1.21. The van der Waals surface area contributed by atoms with Crippen molar-refractivity contribution in [3.63, 3.8) is 0 Å². The average molecular weight is 413 g/mol. The van der Waals surface area contributed by atoms with Gasteiger partial charge in [-0.1, -0.05) is 86.2 Å². The lowest BCUT2D eigenvalue weighted by Gasteiger charge is -2.19. The second-order valence-corrected chi connectivity index (χ2v) is 8.50. The highest BCUT2D eigenvalue weighted by Crippen LogP contribution is 2.33. The Bertz CT molecular complexity index is 988. The van der Waals surface area contributed by atoms with Crippen LogP contribution in [0.4, 0.5) is 0 Å². The molecule has 0 radical (unpaired) electrons. The molecule has 1 fully saturated rings. The molecule has 0 amide bonds. The molecule has 0 unspecified atom stereocenters. The van der Waals surface area contributed by atoms with Crippen LogP contribution >= 0.6 is 0 Å². The van der Waals surface area contributed by atoms with Crippen LogP contribution in [0, 0.1) is 6.92 Å². The van der Waals surface area contributed by atoms with E-state index < -0.39 is 0 Å². The molecule has 2 aromatic heterocycles. The molecule has 0 spiro atoms. The van der Waals surface area contributed by atoms with E-state index in [0.717, 1.165) is 12.1 Å². The summed E-state index contributed by atoms with van der Waals surface area (Å²) in [6.45, 7) is 2.11. The molecule has 1 aliphatic carbocycles. The minimum Gasteiger partial charge on any atom is -0.220 e. The molecule has 4 heteroatoms. The summed E-state index contributed by atoms with van der Waals surface area (Å²) >= 11 is 0. The summed E-state index contributed by atoms with van der Waals surface area (Å²) in [5.41, 5.74) is 5.01. The van der Waals surface area contributed by atoms with Crippen LogP contribution in [0.15, 0.2) is 73.2 Å². The van der Waals surface area contributed by atoms with Crippen molar-refractivity contribution in [1.29, 1.82) is 0 Å². The Morgan fingerprint density at radius 3 is 2.10 bits per heavy atom. The van der Waals surface area contributed by atoms with Crippen molar-refractivity contribution in [2.24, 2.45) is 0 Å². The van der Waals surface area contributed by atoms with E-state index in [9.17, 15) is 0 Å². The maximum Gasteiger partial charge on any atom is 0.250 e. The number of hydrogen-bond acceptors (Lipinski definition) is 3. The van der Waals surface area contributed by atoms with E-state index in [1.165, 1.54) is 61.6 Å². The summed E-state index contributed by atoms with van der Waals surface area (Å²) in [4.78, 5) is 8.84. The third-order valence-corrected chi connectivity index (χ3v) is 6.06. The topological polar surface area (TPSA) is 43.6 Å². The van der Waals surface area contributed by atoms with Gasteiger partial charge in [0, 0.05) is 25.0 Å². The van der Waals surface area contributed by atoms with E-state index >= 15 is 0 Å². The Labute approximate surface area is 185 Å². The van der Waals surface area contributed by atoms with E-state index in [0.29, 0.717) is 11.9 Å². The zero-order valence-electron chi connectivity index (χ0n) is 18.5. The molecule has 0 aliphatic heterocycles. The van der Waals surface area contributed by atoms with Crippen molar-refractivity contribution in [3.8, 4) is 5.95 Å². The molecule has 0 bridgehead atoms. The van der Waals surface area contributed by atoms with Crippen molar-refractivity contribution in [2.75, 3.05) is 0 Å². The highest BCUT2D eigenvalue weighted by molar-refractivity contribution is 5.31. The first-order chi connectivity index (χ1) is 15.3. The van der Waals surface area contributed by atoms with E-state index in [1.807, 2.05) is 10.7 Å². The van der Waals surface area contributed by atoms with Crippen molar-refractivity contribution in [3.05, 3.63) is 95.6 Å². The Morgan fingerprint density at radius 1 is 0.806 bits per heavy atom. The van der Waals surface area contributed by atoms with Crippen LogP contribution in [0.3, 0.4) is 0 Å². The summed E-state index contributed by atoms with van der Waals surface area (Å²) in [6.07, 6.45) is 15.7. The molecule has 4 rings (SSSR count). The lowest BCUT2D eigenvalue weighted by Crippen LogP contribution is -2.04. The lowest BCUT2D eigenvalue weighted by molar-refractivity contribution is 0.454. The summed E-state index contributed by atoms with van der Waals surface area (Å²) < 4.78 is 1.87. The number of aromatic nitrogens is 4. The van der Waals surface area contributed by atoms with Gasteiger partial charge in [-0.25, -0.2) is 14.6 Å². The van der Waals surface area contributed by atoms with Gasteiger partial charge in [-0.3, -0.25) is 0 Å². The Hall–Kier alpha value is -3.01. The van der Waals surface area contributed by atoms with Crippen molar-refractivity contribution >= 4 is 0 Å². The molecule has 4 nitrogen and oxygen atoms in total. The molecule has 160 valence electrons. The lowest BCUT2D eigenvalue weighted by atomic mass is 9.85. The van der Waals surface area contributed by atoms with Gasteiger partial charge in [0.25, 0.3) is 0 Å². The van der Waals surface area contributed by atoms with Gasteiger partial charge in [-0.05, 0) is 42.9 Å². The maximum atomic E-state index is 4.97. The van der Waals surface area contributed by atoms with Gasteiger partial charge in [-0.15, -0.1) is 0 Å². The van der Waals surface area contributed by atoms with Crippen LogP contribution in [-0.2, 0) is 6.42 Å². The summed E-state index contributed by atoms with van der Waals surface area (Å²) in [7, 11) is 0. The third-order valence-electron chi connectivity index (χ3n) is 6.06. The first-order valence-corrected chi connectivity index (χ1v) is 11.5. The van der Waals surface area contributed by atoms with E-state index in [2.05, 4.69) is 71.6 Å².